The van der Waals surface area contributed by atoms with Gasteiger partial charge in [-0.05, 0) is 27.7 Å². The number of hydrogen-bond donors (Lipinski definition) is 1. The predicted molar refractivity (Wildman–Crippen MR) is 61.6 cm³/mol. The summed E-state index contributed by atoms with van der Waals surface area (Å²) in [5, 5.41) is 9.60. The Labute approximate surface area is 99.3 Å². The average molecular weight is 240 g/mol. The van der Waals surface area contributed by atoms with Gasteiger partial charge in [-0.2, -0.15) is 0 Å². The van der Waals surface area contributed by atoms with Crippen LogP contribution in [0.5, 0.6) is 0 Å². The average Bonchev–Trinajstić information content (AvgIpc) is 2.40. The van der Waals surface area contributed by atoms with E-state index < -0.39 is 23.3 Å². The summed E-state index contributed by atoms with van der Waals surface area (Å²) in [5.74, 6) is 0. The van der Waals surface area contributed by atoms with Gasteiger partial charge in [0, 0.05) is 16.1 Å². The molecule has 0 spiro atoms. The third-order valence-electron chi connectivity index (χ3n) is 2.51. The zero-order valence-electron chi connectivity index (χ0n) is 10.2. The van der Waals surface area contributed by atoms with E-state index in [4.69, 9.17) is 4.74 Å². The summed E-state index contributed by atoms with van der Waals surface area (Å²) in [7, 11) is 3.19. The molecule has 0 aromatic heterocycles. The molecule has 2 atom stereocenters. The van der Waals surface area contributed by atoms with Crippen LogP contribution in [0.1, 0.15) is 34.1 Å². The summed E-state index contributed by atoms with van der Waals surface area (Å²) >= 11 is 0. The fourth-order valence-electron chi connectivity index (χ4n) is 1.76. The van der Waals surface area contributed by atoms with Crippen molar-refractivity contribution >= 4 is 15.8 Å². The topological polar surface area (TPSA) is 49.8 Å². The Bertz CT molecular complexity index is 331. The number of ether oxygens (including phenoxy) is 1. The highest BCUT2D eigenvalue weighted by Gasteiger charge is 2.44. The third-order valence-corrected chi connectivity index (χ3v) is 3.04. The van der Waals surface area contributed by atoms with Gasteiger partial charge in [-0.3, -0.25) is 4.90 Å². The maximum atomic E-state index is 11.9. The standard InChI is InChI=1S/C11H18NO3Si/c1-10(2,3)15-9(14)12-6-8(13)5-11(12,4)7-16/h8,13H,5-6H2,1-4H3/t8?,11-/m1/s1. The van der Waals surface area contributed by atoms with Gasteiger partial charge in [-0.25, -0.2) is 4.79 Å². The van der Waals surface area contributed by atoms with Gasteiger partial charge in [0.1, 0.15) is 11.1 Å². The molecule has 1 radical (unpaired) electrons. The minimum atomic E-state index is -0.612. The van der Waals surface area contributed by atoms with Crippen LogP contribution in [0.15, 0.2) is 0 Å². The summed E-state index contributed by atoms with van der Waals surface area (Å²) < 4.78 is 5.28. The van der Waals surface area contributed by atoms with E-state index in [9.17, 15) is 9.90 Å². The van der Waals surface area contributed by atoms with Gasteiger partial charge in [0.05, 0.1) is 12.6 Å². The van der Waals surface area contributed by atoms with Crippen LogP contribution in [0.4, 0.5) is 4.79 Å². The van der Waals surface area contributed by atoms with Crippen LogP contribution in [0.3, 0.4) is 0 Å². The summed E-state index contributed by atoms with van der Waals surface area (Å²) in [6.07, 6.45) is -0.478. The van der Waals surface area contributed by atoms with Gasteiger partial charge in [0.2, 0.25) is 0 Å². The van der Waals surface area contributed by atoms with Gasteiger partial charge < -0.3 is 9.84 Å². The molecule has 1 fully saturated rings. The highest BCUT2D eigenvalue weighted by atomic mass is 28.1. The first-order chi connectivity index (χ1) is 7.18. The van der Waals surface area contributed by atoms with Crippen molar-refractivity contribution in [1.82, 2.24) is 4.90 Å². The number of β-amino-alcohol motifs (C(OH)–C–C–N with tert-alkyl or cyclic N) is 1. The van der Waals surface area contributed by atoms with Crippen LogP contribution in [-0.4, -0.2) is 49.6 Å². The summed E-state index contributed by atoms with van der Waals surface area (Å²) in [6, 6.07) is 0. The van der Waals surface area contributed by atoms with E-state index in [1.54, 1.807) is 0 Å². The highest BCUT2D eigenvalue weighted by molar-refractivity contribution is 5.96. The number of likely N-dealkylation sites (tertiary alicyclic amines) is 1. The number of aliphatic hydroxyl groups is 1. The number of carbonyl (C=O) groups excluding carboxylic acids is 1. The molecule has 1 unspecified atom stereocenters. The Hall–Kier alpha value is -0.773. The zero-order chi connectivity index (χ0) is 12.6. The monoisotopic (exact) mass is 240 g/mol. The van der Waals surface area contributed by atoms with Gasteiger partial charge in [0.15, 0.2) is 0 Å². The van der Waals surface area contributed by atoms with Crippen molar-refractivity contribution in [2.45, 2.75) is 51.4 Å². The molecule has 16 heavy (non-hydrogen) atoms. The smallest absolute Gasteiger partial charge is 0.411 e. The Kier molecular flexibility index (Phi) is 3.52. The van der Waals surface area contributed by atoms with E-state index in [0.717, 1.165) is 0 Å². The van der Waals surface area contributed by atoms with Crippen molar-refractivity contribution in [2.75, 3.05) is 6.54 Å². The number of aliphatic hydroxyl groups excluding tert-OH is 1. The van der Waals surface area contributed by atoms with Gasteiger partial charge in [0.25, 0.3) is 0 Å². The molecule has 1 aliphatic heterocycles. The molecule has 1 saturated heterocycles. The van der Waals surface area contributed by atoms with E-state index in [1.165, 1.54) is 4.90 Å². The minimum Gasteiger partial charge on any atom is -0.444 e. The quantitative estimate of drug-likeness (QED) is 0.639. The maximum absolute atomic E-state index is 11.9. The Morgan fingerprint density at radius 2 is 2.19 bits per heavy atom. The number of rotatable bonds is 0. The molecular weight excluding hydrogens is 222 g/mol. The van der Waals surface area contributed by atoms with Crippen LogP contribution >= 0.6 is 0 Å². The van der Waals surface area contributed by atoms with Crippen molar-refractivity contribution in [3.05, 3.63) is 0 Å². The molecule has 0 aliphatic carbocycles. The van der Waals surface area contributed by atoms with Crippen molar-refractivity contribution in [3.63, 3.8) is 0 Å². The number of carbonyl (C=O) groups is 1. The molecule has 89 valence electrons. The van der Waals surface area contributed by atoms with Crippen molar-refractivity contribution in [2.24, 2.45) is 0 Å². The predicted octanol–water partition coefficient (Wildman–Crippen LogP) is 0.875. The second kappa shape index (κ2) is 4.24. The molecule has 0 bridgehead atoms. The van der Waals surface area contributed by atoms with E-state index in [2.05, 4.69) is 15.2 Å². The maximum Gasteiger partial charge on any atom is 0.411 e. The van der Waals surface area contributed by atoms with E-state index >= 15 is 0 Å². The lowest BCUT2D eigenvalue weighted by molar-refractivity contribution is 0.0166. The van der Waals surface area contributed by atoms with Crippen LogP contribution in [0, 0.1) is 5.50 Å². The van der Waals surface area contributed by atoms with Crippen molar-refractivity contribution < 1.29 is 14.6 Å². The lowest BCUT2D eigenvalue weighted by Gasteiger charge is -2.32. The van der Waals surface area contributed by atoms with Crippen LogP contribution < -0.4 is 0 Å². The summed E-state index contributed by atoms with van der Waals surface area (Å²) in [4.78, 5) is 13.4. The van der Waals surface area contributed by atoms with Crippen LogP contribution in [0.25, 0.3) is 0 Å². The number of nitrogens with zero attached hydrogens (tertiary/aromatic N) is 1. The number of hydrogen-bond acceptors (Lipinski definition) is 3. The fourth-order valence-corrected chi connectivity index (χ4v) is 1.99. The molecule has 1 N–H and O–H groups in total. The van der Waals surface area contributed by atoms with E-state index in [0.29, 0.717) is 6.42 Å². The highest BCUT2D eigenvalue weighted by Crippen LogP contribution is 2.29. The van der Waals surface area contributed by atoms with Gasteiger partial charge >= 0.3 is 6.09 Å². The molecule has 0 saturated carbocycles. The van der Waals surface area contributed by atoms with Crippen molar-refractivity contribution in [1.29, 1.82) is 0 Å². The minimum absolute atomic E-state index is 0.281. The normalized spacial score (nSPS) is 30.0. The number of amides is 1. The zero-order valence-corrected chi connectivity index (χ0v) is 11.2. The van der Waals surface area contributed by atoms with Crippen LogP contribution in [-0.2, 0) is 4.74 Å². The van der Waals surface area contributed by atoms with Crippen molar-refractivity contribution in [3.8, 4) is 5.50 Å². The lowest BCUT2D eigenvalue weighted by Crippen LogP contribution is -2.46. The van der Waals surface area contributed by atoms with Crippen LogP contribution in [0.2, 0.25) is 0 Å². The van der Waals surface area contributed by atoms with Gasteiger partial charge in [-0.1, -0.05) is 0 Å². The Balaban J connectivity index is 2.81. The molecule has 4 nitrogen and oxygen atoms in total. The molecule has 5 heteroatoms. The first-order valence-electron chi connectivity index (χ1n) is 5.30. The molecular formula is C11H18NO3Si. The molecule has 1 aliphatic rings. The largest absolute Gasteiger partial charge is 0.444 e. The van der Waals surface area contributed by atoms with Gasteiger partial charge in [-0.15, -0.1) is 5.50 Å². The molecule has 1 amide bonds. The van der Waals surface area contributed by atoms with E-state index in [-0.39, 0.29) is 6.54 Å². The Morgan fingerprint density at radius 3 is 2.62 bits per heavy atom. The molecule has 1 rings (SSSR count). The molecule has 1 heterocycles. The van der Waals surface area contributed by atoms with E-state index in [1.807, 2.05) is 27.7 Å². The third kappa shape index (κ3) is 2.87. The second-order valence-corrected chi connectivity index (χ2v) is 5.60. The lowest BCUT2D eigenvalue weighted by atomic mass is 10.0. The molecule has 0 aromatic rings. The first-order valence-corrected chi connectivity index (χ1v) is 5.80. The SMILES string of the molecule is CC(C)(C)OC(=O)N1CC(O)C[C@]1(C)C#[Si]. The summed E-state index contributed by atoms with van der Waals surface area (Å²) in [5.41, 5.74) is 1.72. The first kappa shape index (κ1) is 13.3. The second-order valence-electron chi connectivity index (χ2n) is 5.35. The Morgan fingerprint density at radius 1 is 1.62 bits per heavy atom. The molecule has 0 aromatic carbocycles. The fraction of sp³-hybridized carbons (Fsp3) is 0.818. The summed E-state index contributed by atoms with van der Waals surface area (Å²) in [6.45, 7) is 7.56.